The average Bonchev–Trinajstić information content (AvgIpc) is 2.37. The molecule has 0 atom stereocenters. The molecule has 0 aliphatic heterocycles. The number of hydrogen-bond donors (Lipinski definition) is 2. The van der Waals surface area contributed by atoms with Crippen molar-refractivity contribution < 1.29 is 17.9 Å². The van der Waals surface area contributed by atoms with Gasteiger partial charge in [-0.15, -0.1) is 13.2 Å². The van der Waals surface area contributed by atoms with Crippen molar-refractivity contribution in [2.24, 2.45) is 16.5 Å². The summed E-state index contributed by atoms with van der Waals surface area (Å²) in [7, 11) is 0. The Kier molecular flexibility index (Phi) is 3.97. The largest absolute Gasteiger partial charge is 0.573 e. The normalized spacial score (nSPS) is 11.0. The van der Waals surface area contributed by atoms with Gasteiger partial charge in [-0.05, 0) is 36.4 Å². The molecule has 2 aromatic rings. The number of halogens is 3. The van der Waals surface area contributed by atoms with Crippen LogP contribution in [0.4, 0.5) is 19.0 Å². The number of hydrogen-bond acceptors (Lipinski definition) is 3. The van der Waals surface area contributed by atoms with E-state index in [1.165, 1.54) is 24.3 Å². The molecule has 0 saturated carbocycles. The molecule has 21 heavy (non-hydrogen) atoms. The number of aliphatic imine (C=N–C) groups is 1. The fraction of sp³-hybridized carbons (Fsp3) is 0.0769. The minimum Gasteiger partial charge on any atom is -0.406 e. The lowest BCUT2D eigenvalue weighted by molar-refractivity contribution is -0.274. The molecule has 0 unspecified atom stereocenters. The fourth-order valence-corrected chi connectivity index (χ4v) is 1.61. The highest BCUT2D eigenvalue weighted by Gasteiger charge is 2.30. The third kappa shape index (κ3) is 4.37. The quantitative estimate of drug-likeness (QED) is 0.673. The monoisotopic (exact) mass is 296 g/mol. The van der Waals surface area contributed by atoms with Gasteiger partial charge < -0.3 is 16.2 Å². The molecule has 1 heterocycles. The zero-order valence-electron chi connectivity index (χ0n) is 10.6. The Morgan fingerprint density at radius 2 is 1.71 bits per heavy atom. The van der Waals surface area contributed by atoms with Crippen LogP contribution in [-0.4, -0.2) is 17.3 Å². The maximum absolute atomic E-state index is 12.1. The first-order valence-corrected chi connectivity index (χ1v) is 5.76. The molecule has 0 bridgehead atoms. The molecular formula is C13H11F3N4O. The van der Waals surface area contributed by atoms with Crippen molar-refractivity contribution >= 4 is 11.8 Å². The van der Waals surface area contributed by atoms with Crippen molar-refractivity contribution in [2.75, 3.05) is 0 Å². The molecule has 0 saturated heterocycles. The second-order valence-corrected chi connectivity index (χ2v) is 3.99. The third-order valence-electron chi connectivity index (χ3n) is 2.36. The van der Waals surface area contributed by atoms with Crippen LogP contribution in [-0.2, 0) is 0 Å². The summed E-state index contributed by atoms with van der Waals surface area (Å²) in [5, 5.41) is 0. The van der Waals surface area contributed by atoms with Crippen LogP contribution in [0.5, 0.6) is 5.75 Å². The summed E-state index contributed by atoms with van der Waals surface area (Å²) in [6.07, 6.45) is -4.72. The summed E-state index contributed by atoms with van der Waals surface area (Å²) in [6.45, 7) is 0. The van der Waals surface area contributed by atoms with E-state index in [0.717, 1.165) is 0 Å². The van der Waals surface area contributed by atoms with Gasteiger partial charge in [-0.3, -0.25) is 0 Å². The predicted molar refractivity (Wildman–Crippen MR) is 71.8 cm³/mol. The van der Waals surface area contributed by atoms with Crippen LogP contribution in [0.2, 0.25) is 0 Å². The average molecular weight is 296 g/mol. The van der Waals surface area contributed by atoms with Gasteiger partial charge in [0.05, 0.1) is 5.69 Å². The summed E-state index contributed by atoms with van der Waals surface area (Å²) in [5.41, 5.74) is 11.6. The highest BCUT2D eigenvalue weighted by Crippen LogP contribution is 2.26. The highest BCUT2D eigenvalue weighted by atomic mass is 19.4. The lowest BCUT2D eigenvalue weighted by Gasteiger charge is -2.09. The Labute approximate surface area is 118 Å². The van der Waals surface area contributed by atoms with Crippen molar-refractivity contribution in [2.45, 2.75) is 6.36 Å². The summed E-state index contributed by atoms with van der Waals surface area (Å²) in [4.78, 5) is 7.98. The van der Waals surface area contributed by atoms with E-state index in [2.05, 4.69) is 14.7 Å². The molecule has 0 amide bonds. The molecule has 1 aromatic carbocycles. The van der Waals surface area contributed by atoms with Crippen LogP contribution in [0.1, 0.15) is 0 Å². The Morgan fingerprint density at radius 1 is 1.05 bits per heavy atom. The lowest BCUT2D eigenvalue weighted by Crippen LogP contribution is -2.22. The first-order valence-electron chi connectivity index (χ1n) is 5.76. The maximum Gasteiger partial charge on any atom is 0.573 e. The highest BCUT2D eigenvalue weighted by molar-refractivity contribution is 5.78. The van der Waals surface area contributed by atoms with E-state index < -0.39 is 6.36 Å². The Hall–Kier alpha value is -2.77. The van der Waals surface area contributed by atoms with Crippen molar-refractivity contribution in [3.8, 4) is 17.0 Å². The molecule has 0 aliphatic carbocycles. The minimum atomic E-state index is -4.72. The van der Waals surface area contributed by atoms with Gasteiger partial charge in [-0.25, -0.2) is 4.98 Å². The van der Waals surface area contributed by atoms with Crippen molar-refractivity contribution in [3.05, 3.63) is 42.5 Å². The zero-order chi connectivity index (χ0) is 15.5. The summed E-state index contributed by atoms with van der Waals surface area (Å²) in [6, 6.07) is 10.3. The minimum absolute atomic E-state index is 0.131. The number of benzene rings is 1. The number of alkyl halides is 3. The second-order valence-electron chi connectivity index (χ2n) is 3.99. The number of pyridine rings is 1. The Morgan fingerprint density at radius 3 is 2.29 bits per heavy atom. The van der Waals surface area contributed by atoms with Gasteiger partial charge in [0.25, 0.3) is 0 Å². The molecular weight excluding hydrogens is 285 g/mol. The van der Waals surface area contributed by atoms with E-state index in [9.17, 15) is 13.2 Å². The van der Waals surface area contributed by atoms with Gasteiger partial charge >= 0.3 is 6.36 Å². The number of nitrogens with zero attached hydrogens (tertiary/aromatic N) is 2. The van der Waals surface area contributed by atoms with Crippen molar-refractivity contribution in [3.63, 3.8) is 0 Å². The zero-order valence-corrected chi connectivity index (χ0v) is 10.6. The molecule has 1 aromatic heterocycles. The van der Waals surface area contributed by atoms with E-state index in [4.69, 9.17) is 11.5 Å². The van der Waals surface area contributed by atoms with Gasteiger partial charge in [0.1, 0.15) is 5.75 Å². The maximum atomic E-state index is 12.1. The van der Waals surface area contributed by atoms with Crippen LogP contribution < -0.4 is 16.2 Å². The van der Waals surface area contributed by atoms with Gasteiger partial charge in [0.15, 0.2) is 11.8 Å². The SMILES string of the molecule is NC(N)=Nc1cccc(-c2ccc(OC(F)(F)F)cc2)n1. The molecule has 0 radical (unpaired) electrons. The van der Waals surface area contributed by atoms with Gasteiger partial charge in [0.2, 0.25) is 0 Å². The predicted octanol–water partition coefficient (Wildman–Crippen LogP) is 2.55. The van der Waals surface area contributed by atoms with Crippen LogP contribution in [0.25, 0.3) is 11.3 Å². The Balaban J connectivity index is 2.25. The van der Waals surface area contributed by atoms with E-state index >= 15 is 0 Å². The molecule has 110 valence electrons. The second kappa shape index (κ2) is 5.70. The number of guanidine groups is 1. The summed E-state index contributed by atoms with van der Waals surface area (Å²) >= 11 is 0. The standard InChI is InChI=1S/C13H11F3N4O/c14-13(15,16)21-9-6-4-8(5-7-9)10-2-1-3-11(19-10)20-12(17)18/h1-7H,(H4,17,18,19,20). The number of ether oxygens (including phenoxy) is 1. The van der Waals surface area contributed by atoms with E-state index in [1.807, 2.05) is 0 Å². The first kappa shape index (κ1) is 14.6. The summed E-state index contributed by atoms with van der Waals surface area (Å²) < 4.78 is 40.0. The van der Waals surface area contributed by atoms with Crippen LogP contribution in [0.3, 0.4) is 0 Å². The van der Waals surface area contributed by atoms with Gasteiger partial charge in [0, 0.05) is 5.56 Å². The molecule has 0 fully saturated rings. The molecule has 4 N–H and O–H groups in total. The van der Waals surface area contributed by atoms with Crippen molar-refractivity contribution in [1.29, 1.82) is 0 Å². The van der Waals surface area contributed by atoms with Crippen LogP contribution >= 0.6 is 0 Å². The molecule has 5 nitrogen and oxygen atoms in total. The summed E-state index contributed by atoms with van der Waals surface area (Å²) in [5.74, 6) is -0.122. The van der Waals surface area contributed by atoms with E-state index in [0.29, 0.717) is 17.1 Å². The number of aromatic nitrogens is 1. The van der Waals surface area contributed by atoms with Gasteiger partial charge in [-0.1, -0.05) is 6.07 Å². The lowest BCUT2D eigenvalue weighted by atomic mass is 10.1. The fourth-order valence-electron chi connectivity index (χ4n) is 1.61. The first-order chi connectivity index (χ1) is 9.83. The smallest absolute Gasteiger partial charge is 0.406 e. The Bertz CT molecular complexity index is 649. The topological polar surface area (TPSA) is 86.5 Å². The number of rotatable bonds is 3. The van der Waals surface area contributed by atoms with E-state index in [1.54, 1.807) is 18.2 Å². The molecule has 8 heteroatoms. The van der Waals surface area contributed by atoms with Crippen LogP contribution in [0.15, 0.2) is 47.5 Å². The molecule has 0 spiro atoms. The molecule has 0 aliphatic rings. The number of nitrogens with two attached hydrogens (primary N) is 2. The van der Waals surface area contributed by atoms with Crippen LogP contribution in [0, 0.1) is 0 Å². The molecule has 2 rings (SSSR count). The van der Waals surface area contributed by atoms with E-state index in [-0.39, 0.29) is 11.7 Å². The van der Waals surface area contributed by atoms with Gasteiger partial charge in [-0.2, -0.15) is 4.99 Å². The third-order valence-corrected chi connectivity index (χ3v) is 2.36. The van der Waals surface area contributed by atoms with Crippen molar-refractivity contribution in [1.82, 2.24) is 4.98 Å².